The summed E-state index contributed by atoms with van der Waals surface area (Å²) >= 11 is 1.34. The minimum atomic E-state index is -0.382. The predicted molar refractivity (Wildman–Crippen MR) is 65.9 cm³/mol. The van der Waals surface area contributed by atoms with Crippen molar-refractivity contribution in [3.05, 3.63) is 46.2 Å². The van der Waals surface area contributed by atoms with Crippen LogP contribution in [0.4, 0.5) is 9.52 Å². The smallest absolute Gasteiger partial charge is 0.257 e. The first-order valence-corrected chi connectivity index (χ1v) is 5.94. The quantitative estimate of drug-likeness (QED) is 0.889. The molecule has 0 aliphatic carbocycles. The molecular formula is C12H11FN2OS. The lowest BCUT2D eigenvalue weighted by Crippen LogP contribution is -2.12. The number of hydrogen-bond acceptors (Lipinski definition) is 3. The van der Waals surface area contributed by atoms with Crippen molar-refractivity contribution in [1.29, 1.82) is 0 Å². The van der Waals surface area contributed by atoms with Crippen LogP contribution in [0.3, 0.4) is 0 Å². The minimum Gasteiger partial charge on any atom is -0.298 e. The Morgan fingerprint density at radius 3 is 2.76 bits per heavy atom. The van der Waals surface area contributed by atoms with Crippen molar-refractivity contribution in [2.45, 2.75) is 13.8 Å². The summed E-state index contributed by atoms with van der Waals surface area (Å²) in [5, 5.41) is 4.99. The van der Waals surface area contributed by atoms with Gasteiger partial charge in [-0.1, -0.05) is 6.07 Å². The average molecular weight is 250 g/mol. The molecule has 0 aliphatic rings. The first-order valence-electron chi connectivity index (χ1n) is 5.06. The Bertz CT molecular complexity index is 565. The first kappa shape index (κ1) is 11.7. The Kier molecular flexibility index (Phi) is 3.19. The van der Waals surface area contributed by atoms with Crippen LogP contribution in [0.2, 0.25) is 0 Å². The second-order valence-corrected chi connectivity index (χ2v) is 4.57. The molecule has 1 aromatic carbocycles. The Morgan fingerprint density at radius 2 is 2.18 bits per heavy atom. The van der Waals surface area contributed by atoms with Gasteiger partial charge in [-0.15, -0.1) is 11.3 Å². The second-order valence-electron chi connectivity index (χ2n) is 3.71. The fourth-order valence-corrected chi connectivity index (χ4v) is 2.00. The van der Waals surface area contributed by atoms with Crippen molar-refractivity contribution >= 4 is 22.4 Å². The maximum absolute atomic E-state index is 13.3. The number of hydrogen-bond donors (Lipinski definition) is 1. The normalized spacial score (nSPS) is 10.3. The van der Waals surface area contributed by atoms with Crippen LogP contribution in [-0.2, 0) is 0 Å². The molecule has 2 rings (SSSR count). The number of amides is 1. The largest absolute Gasteiger partial charge is 0.298 e. The van der Waals surface area contributed by atoms with Crippen LogP contribution in [0.1, 0.15) is 21.6 Å². The summed E-state index contributed by atoms with van der Waals surface area (Å²) in [6.07, 6.45) is 0. The number of aromatic nitrogens is 1. The summed E-state index contributed by atoms with van der Waals surface area (Å²) in [5.74, 6) is -0.730. The van der Waals surface area contributed by atoms with E-state index in [2.05, 4.69) is 10.3 Å². The Morgan fingerprint density at radius 1 is 1.41 bits per heavy atom. The van der Waals surface area contributed by atoms with Crippen molar-refractivity contribution in [2.75, 3.05) is 5.32 Å². The van der Waals surface area contributed by atoms with Gasteiger partial charge in [0, 0.05) is 10.9 Å². The molecule has 0 atom stereocenters. The van der Waals surface area contributed by atoms with E-state index in [1.54, 1.807) is 19.1 Å². The van der Waals surface area contributed by atoms with E-state index in [4.69, 9.17) is 0 Å². The number of benzene rings is 1. The third-order valence-corrected chi connectivity index (χ3v) is 3.15. The van der Waals surface area contributed by atoms with E-state index in [0.717, 1.165) is 5.69 Å². The van der Waals surface area contributed by atoms with Crippen LogP contribution in [0.5, 0.6) is 0 Å². The third kappa shape index (κ3) is 2.68. The van der Waals surface area contributed by atoms with E-state index >= 15 is 0 Å². The highest BCUT2D eigenvalue weighted by Crippen LogP contribution is 2.16. The number of rotatable bonds is 2. The predicted octanol–water partition coefficient (Wildman–Crippen LogP) is 3.15. The molecule has 88 valence electrons. The molecule has 0 bridgehead atoms. The number of nitrogens with one attached hydrogen (secondary N) is 1. The van der Waals surface area contributed by atoms with Crippen LogP contribution in [0.15, 0.2) is 23.6 Å². The Balaban J connectivity index is 2.17. The lowest BCUT2D eigenvalue weighted by Gasteiger charge is -2.03. The van der Waals surface area contributed by atoms with Crippen molar-refractivity contribution in [2.24, 2.45) is 0 Å². The van der Waals surface area contributed by atoms with E-state index in [0.29, 0.717) is 16.3 Å². The number of carbonyl (C=O) groups excluding carboxylic acids is 1. The fraction of sp³-hybridized carbons (Fsp3) is 0.167. The Labute approximate surface area is 102 Å². The van der Waals surface area contributed by atoms with Gasteiger partial charge in [0.15, 0.2) is 5.13 Å². The van der Waals surface area contributed by atoms with Gasteiger partial charge >= 0.3 is 0 Å². The summed E-state index contributed by atoms with van der Waals surface area (Å²) < 4.78 is 13.3. The van der Waals surface area contributed by atoms with Crippen LogP contribution in [-0.4, -0.2) is 10.9 Å². The zero-order valence-corrected chi connectivity index (χ0v) is 10.3. The van der Waals surface area contributed by atoms with Crippen molar-refractivity contribution in [3.63, 3.8) is 0 Å². The van der Waals surface area contributed by atoms with Gasteiger partial charge in [0.25, 0.3) is 5.91 Å². The van der Waals surface area contributed by atoms with Crippen molar-refractivity contribution in [1.82, 2.24) is 4.98 Å². The van der Waals surface area contributed by atoms with E-state index in [1.807, 2.05) is 12.3 Å². The maximum Gasteiger partial charge on any atom is 0.257 e. The first-order chi connectivity index (χ1) is 8.06. The van der Waals surface area contributed by atoms with Crippen LogP contribution < -0.4 is 5.32 Å². The van der Waals surface area contributed by atoms with Gasteiger partial charge in [0.05, 0.1) is 5.69 Å². The average Bonchev–Trinajstić information content (AvgIpc) is 2.68. The molecule has 0 saturated carbocycles. The van der Waals surface area contributed by atoms with Crippen molar-refractivity contribution in [3.8, 4) is 0 Å². The summed E-state index contributed by atoms with van der Waals surface area (Å²) in [7, 11) is 0. The van der Waals surface area contributed by atoms with Gasteiger partial charge in [-0.2, -0.15) is 0 Å². The SMILES string of the molecule is Cc1csc(NC(=O)c2ccc(C)c(F)c2)n1. The van der Waals surface area contributed by atoms with E-state index < -0.39 is 0 Å². The van der Waals surface area contributed by atoms with E-state index in [1.165, 1.54) is 17.4 Å². The molecular weight excluding hydrogens is 239 g/mol. The zero-order chi connectivity index (χ0) is 12.4. The molecule has 2 aromatic rings. The molecule has 3 nitrogen and oxygen atoms in total. The van der Waals surface area contributed by atoms with Gasteiger partial charge in [0.2, 0.25) is 0 Å². The van der Waals surface area contributed by atoms with E-state index in [-0.39, 0.29) is 11.7 Å². The van der Waals surface area contributed by atoms with Gasteiger partial charge < -0.3 is 0 Å². The molecule has 1 amide bonds. The molecule has 0 saturated heterocycles. The highest BCUT2D eigenvalue weighted by Gasteiger charge is 2.09. The number of thiazole rings is 1. The van der Waals surface area contributed by atoms with E-state index in [9.17, 15) is 9.18 Å². The van der Waals surface area contributed by atoms with Crippen LogP contribution in [0, 0.1) is 19.7 Å². The molecule has 1 aromatic heterocycles. The lowest BCUT2D eigenvalue weighted by atomic mass is 10.1. The van der Waals surface area contributed by atoms with Crippen molar-refractivity contribution < 1.29 is 9.18 Å². The number of nitrogens with zero attached hydrogens (tertiary/aromatic N) is 1. The molecule has 0 spiro atoms. The Hall–Kier alpha value is -1.75. The second kappa shape index (κ2) is 4.63. The standard InChI is InChI=1S/C12H11FN2OS/c1-7-3-4-9(5-10(7)13)11(16)15-12-14-8(2)6-17-12/h3-6H,1-2H3,(H,14,15,16). The van der Waals surface area contributed by atoms with Gasteiger partial charge in [-0.05, 0) is 31.5 Å². The molecule has 0 unspecified atom stereocenters. The van der Waals surface area contributed by atoms with Gasteiger partial charge in [-0.3, -0.25) is 10.1 Å². The monoisotopic (exact) mass is 250 g/mol. The molecule has 0 fully saturated rings. The highest BCUT2D eigenvalue weighted by atomic mass is 32.1. The van der Waals surface area contributed by atoms with Crippen LogP contribution in [0.25, 0.3) is 0 Å². The lowest BCUT2D eigenvalue weighted by molar-refractivity contribution is 0.102. The number of carbonyl (C=O) groups is 1. The number of aryl methyl sites for hydroxylation is 2. The van der Waals surface area contributed by atoms with Gasteiger partial charge in [-0.25, -0.2) is 9.37 Å². The molecule has 0 aliphatic heterocycles. The maximum atomic E-state index is 13.3. The summed E-state index contributed by atoms with van der Waals surface area (Å²) in [5.41, 5.74) is 1.66. The number of anilines is 1. The van der Waals surface area contributed by atoms with Crippen LogP contribution >= 0.6 is 11.3 Å². The van der Waals surface area contributed by atoms with Gasteiger partial charge in [0.1, 0.15) is 5.82 Å². The molecule has 1 N–H and O–H groups in total. The molecule has 1 heterocycles. The zero-order valence-electron chi connectivity index (χ0n) is 9.45. The molecule has 0 radical (unpaired) electrons. The summed E-state index contributed by atoms with van der Waals surface area (Å²) in [6.45, 7) is 3.50. The molecule has 17 heavy (non-hydrogen) atoms. The minimum absolute atomic E-state index is 0.293. The fourth-order valence-electron chi connectivity index (χ4n) is 1.31. The topological polar surface area (TPSA) is 42.0 Å². The summed E-state index contributed by atoms with van der Waals surface area (Å²) in [4.78, 5) is 15.9. The summed E-state index contributed by atoms with van der Waals surface area (Å²) in [6, 6.07) is 4.40. The third-order valence-electron chi connectivity index (χ3n) is 2.27. The highest BCUT2D eigenvalue weighted by molar-refractivity contribution is 7.13. The molecule has 5 heteroatoms. The number of halogens is 1.